The highest BCUT2D eigenvalue weighted by Crippen LogP contribution is 2.33. The van der Waals surface area contributed by atoms with Crippen molar-refractivity contribution in [1.82, 2.24) is 10.1 Å². The van der Waals surface area contributed by atoms with Gasteiger partial charge >= 0.3 is 6.03 Å². The molecule has 0 aliphatic carbocycles. The van der Waals surface area contributed by atoms with Gasteiger partial charge in [-0.2, -0.15) is 0 Å². The summed E-state index contributed by atoms with van der Waals surface area (Å²) in [5, 5.41) is 9.16. The van der Waals surface area contributed by atoms with Crippen molar-refractivity contribution >= 4 is 22.5 Å². The molecule has 2 aromatic carbocycles. The Balaban J connectivity index is 1.59. The quantitative estimate of drug-likeness (QED) is 0.755. The second kappa shape index (κ2) is 6.00. The number of rotatable bonds is 2. The topological polar surface area (TPSA) is 58.4 Å². The third kappa shape index (κ3) is 2.62. The molecule has 1 fully saturated rings. The van der Waals surface area contributed by atoms with Crippen molar-refractivity contribution in [3.05, 3.63) is 60.0 Å². The molecule has 24 heavy (non-hydrogen) atoms. The summed E-state index contributed by atoms with van der Waals surface area (Å²) in [5.41, 5.74) is 1.67. The zero-order chi connectivity index (χ0) is 16.5. The van der Waals surface area contributed by atoms with Crippen LogP contribution in [0.2, 0.25) is 0 Å². The van der Waals surface area contributed by atoms with Crippen molar-refractivity contribution in [2.75, 3.05) is 11.9 Å². The van der Waals surface area contributed by atoms with Crippen molar-refractivity contribution in [2.45, 2.75) is 25.8 Å². The average molecular weight is 321 g/mol. The number of nitrogens with one attached hydrogen (secondary N) is 1. The van der Waals surface area contributed by atoms with E-state index in [1.165, 1.54) is 0 Å². The summed E-state index contributed by atoms with van der Waals surface area (Å²) in [7, 11) is 0. The Hall–Kier alpha value is -2.82. The molecule has 4 rings (SSSR count). The Morgan fingerprint density at radius 2 is 2.08 bits per heavy atom. The molecular weight excluding hydrogens is 302 g/mol. The molecule has 0 bridgehead atoms. The number of carbonyl (C=O) groups is 1. The van der Waals surface area contributed by atoms with Gasteiger partial charge in [0, 0.05) is 18.0 Å². The molecule has 5 heteroatoms. The molecule has 122 valence electrons. The van der Waals surface area contributed by atoms with Crippen LogP contribution in [0.25, 0.3) is 10.8 Å². The van der Waals surface area contributed by atoms with Gasteiger partial charge in [0.25, 0.3) is 0 Å². The number of anilines is 1. The maximum Gasteiger partial charge on any atom is 0.322 e. The number of aryl methyl sites for hydroxylation is 1. The van der Waals surface area contributed by atoms with E-state index in [2.05, 4.69) is 10.5 Å². The average Bonchev–Trinajstić information content (AvgIpc) is 3.24. The summed E-state index contributed by atoms with van der Waals surface area (Å²) < 4.78 is 5.38. The van der Waals surface area contributed by atoms with Crippen LogP contribution in [0.1, 0.15) is 30.3 Å². The number of amides is 2. The van der Waals surface area contributed by atoms with Crippen molar-refractivity contribution in [2.24, 2.45) is 0 Å². The molecule has 1 saturated heterocycles. The van der Waals surface area contributed by atoms with E-state index < -0.39 is 0 Å². The molecule has 3 aromatic rings. The van der Waals surface area contributed by atoms with Crippen molar-refractivity contribution in [3.63, 3.8) is 0 Å². The van der Waals surface area contributed by atoms with E-state index in [1.54, 1.807) is 0 Å². The summed E-state index contributed by atoms with van der Waals surface area (Å²) in [6, 6.07) is 15.7. The van der Waals surface area contributed by atoms with Gasteiger partial charge in [-0.1, -0.05) is 41.6 Å². The number of likely N-dealkylation sites (tertiary alicyclic amines) is 1. The summed E-state index contributed by atoms with van der Waals surface area (Å²) in [6.45, 7) is 2.61. The predicted molar refractivity (Wildman–Crippen MR) is 92.9 cm³/mol. The minimum atomic E-state index is -0.0945. The minimum Gasteiger partial charge on any atom is -0.359 e. The van der Waals surface area contributed by atoms with Crippen LogP contribution in [0.15, 0.2) is 53.1 Å². The number of urea groups is 1. The lowest BCUT2D eigenvalue weighted by Gasteiger charge is -2.23. The molecule has 1 aliphatic heterocycles. The summed E-state index contributed by atoms with van der Waals surface area (Å²) in [4.78, 5) is 14.6. The molecule has 1 atom stereocenters. The van der Waals surface area contributed by atoms with Gasteiger partial charge in [-0.15, -0.1) is 0 Å². The lowest BCUT2D eigenvalue weighted by molar-refractivity contribution is 0.195. The van der Waals surface area contributed by atoms with Gasteiger partial charge in [0.2, 0.25) is 0 Å². The monoisotopic (exact) mass is 321 g/mol. The maximum absolute atomic E-state index is 12.8. The van der Waals surface area contributed by atoms with Gasteiger partial charge in [0.1, 0.15) is 0 Å². The smallest absolute Gasteiger partial charge is 0.322 e. The van der Waals surface area contributed by atoms with Crippen LogP contribution in [-0.4, -0.2) is 22.6 Å². The van der Waals surface area contributed by atoms with E-state index in [0.29, 0.717) is 0 Å². The van der Waals surface area contributed by atoms with Crippen molar-refractivity contribution in [3.8, 4) is 0 Å². The summed E-state index contributed by atoms with van der Waals surface area (Å²) >= 11 is 0. The Morgan fingerprint density at radius 3 is 2.92 bits per heavy atom. The SMILES string of the molecule is Cc1cc([C@H]2CCCN2C(=O)Nc2cccc3ccccc23)on1. The molecule has 0 radical (unpaired) electrons. The highest BCUT2D eigenvalue weighted by Gasteiger charge is 2.32. The fourth-order valence-electron chi connectivity index (χ4n) is 3.37. The van der Waals surface area contributed by atoms with Crippen molar-refractivity contribution < 1.29 is 9.32 Å². The van der Waals surface area contributed by atoms with E-state index in [4.69, 9.17) is 4.52 Å². The number of nitrogens with zero attached hydrogens (tertiary/aromatic N) is 2. The van der Waals surface area contributed by atoms with E-state index >= 15 is 0 Å². The van der Waals surface area contributed by atoms with Crippen LogP contribution in [0.3, 0.4) is 0 Å². The van der Waals surface area contributed by atoms with Gasteiger partial charge in [-0.25, -0.2) is 4.79 Å². The first-order valence-electron chi connectivity index (χ1n) is 8.21. The van der Waals surface area contributed by atoms with Crippen LogP contribution >= 0.6 is 0 Å². The molecule has 0 unspecified atom stereocenters. The third-order valence-corrected chi connectivity index (χ3v) is 4.52. The normalized spacial score (nSPS) is 17.4. The number of carbonyl (C=O) groups excluding carboxylic acids is 1. The first-order chi connectivity index (χ1) is 11.7. The molecule has 1 aromatic heterocycles. The molecular formula is C19H19N3O2. The number of benzene rings is 2. The maximum atomic E-state index is 12.8. The number of hydrogen-bond acceptors (Lipinski definition) is 3. The third-order valence-electron chi connectivity index (χ3n) is 4.52. The van der Waals surface area contributed by atoms with Gasteiger partial charge in [0.05, 0.1) is 17.4 Å². The zero-order valence-electron chi connectivity index (χ0n) is 13.5. The fourth-order valence-corrected chi connectivity index (χ4v) is 3.37. The van der Waals surface area contributed by atoms with Crippen LogP contribution in [0.4, 0.5) is 10.5 Å². The van der Waals surface area contributed by atoms with Gasteiger partial charge in [-0.3, -0.25) is 0 Å². The van der Waals surface area contributed by atoms with Crippen molar-refractivity contribution in [1.29, 1.82) is 0 Å². The van der Waals surface area contributed by atoms with Crippen LogP contribution in [0, 0.1) is 6.92 Å². The van der Waals surface area contributed by atoms with Gasteiger partial charge in [-0.05, 0) is 31.2 Å². The largest absolute Gasteiger partial charge is 0.359 e. The van der Waals surface area contributed by atoms with Crippen LogP contribution < -0.4 is 5.32 Å². The van der Waals surface area contributed by atoms with E-state index in [0.717, 1.165) is 47.3 Å². The number of fused-ring (bicyclic) bond motifs is 1. The Labute approximate surface area is 140 Å². The lowest BCUT2D eigenvalue weighted by Crippen LogP contribution is -2.34. The molecule has 2 amide bonds. The number of hydrogen-bond donors (Lipinski definition) is 1. The van der Waals surface area contributed by atoms with E-state index in [9.17, 15) is 4.79 Å². The highest BCUT2D eigenvalue weighted by molar-refractivity contribution is 6.01. The fraction of sp³-hybridized carbons (Fsp3) is 0.263. The highest BCUT2D eigenvalue weighted by atomic mass is 16.5. The second-order valence-electron chi connectivity index (χ2n) is 6.18. The van der Waals surface area contributed by atoms with Crippen LogP contribution in [-0.2, 0) is 0 Å². The molecule has 2 heterocycles. The molecule has 0 spiro atoms. The Bertz CT molecular complexity index is 882. The van der Waals surface area contributed by atoms with Crippen LogP contribution in [0.5, 0.6) is 0 Å². The van der Waals surface area contributed by atoms with Gasteiger partial charge < -0.3 is 14.7 Å². The second-order valence-corrected chi connectivity index (χ2v) is 6.18. The first kappa shape index (κ1) is 14.8. The Morgan fingerprint density at radius 1 is 1.25 bits per heavy atom. The lowest BCUT2D eigenvalue weighted by atomic mass is 10.1. The molecule has 5 nitrogen and oxygen atoms in total. The molecule has 0 saturated carbocycles. The predicted octanol–water partition coefficient (Wildman–Crippen LogP) is 4.51. The zero-order valence-corrected chi connectivity index (χ0v) is 13.5. The standard InChI is InChI=1S/C19H19N3O2/c1-13-12-18(24-21-13)17-10-5-11-22(17)19(23)20-16-9-4-7-14-6-2-3-8-15(14)16/h2-4,6-9,12,17H,5,10-11H2,1H3,(H,20,23)/t17-/m1/s1. The summed E-state index contributed by atoms with van der Waals surface area (Å²) in [5.74, 6) is 0.762. The first-order valence-corrected chi connectivity index (χ1v) is 8.21. The van der Waals surface area contributed by atoms with E-state index in [1.807, 2.05) is 60.4 Å². The number of aromatic nitrogens is 1. The minimum absolute atomic E-state index is 0.0406. The summed E-state index contributed by atoms with van der Waals surface area (Å²) in [6.07, 6.45) is 1.87. The van der Waals surface area contributed by atoms with E-state index in [-0.39, 0.29) is 12.1 Å². The molecule has 1 N–H and O–H groups in total. The molecule has 1 aliphatic rings. The Kier molecular flexibility index (Phi) is 3.69. The van der Waals surface area contributed by atoms with Gasteiger partial charge in [0.15, 0.2) is 5.76 Å².